The second kappa shape index (κ2) is 5.50. The number of hydrogen-bond acceptors (Lipinski definition) is 3. The maximum absolute atomic E-state index is 5.22. The molecule has 3 heteroatoms. The number of methoxy groups -OCH3 is 1. The van der Waals surface area contributed by atoms with Crippen LogP contribution in [0.15, 0.2) is 18.2 Å². The first kappa shape index (κ1) is 10.9. The summed E-state index contributed by atoms with van der Waals surface area (Å²) >= 11 is 0. The number of aryl methyl sites for hydroxylation is 1. The van der Waals surface area contributed by atoms with Gasteiger partial charge in [-0.2, -0.15) is 0 Å². The van der Waals surface area contributed by atoms with Gasteiger partial charge in [-0.05, 0) is 25.0 Å². The van der Waals surface area contributed by atoms with E-state index in [4.69, 9.17) is 4.74 Å². The number of nitrogens with one attached hydrogen (secondary N) is 2. The highest BCUT2D eigenvalue weighted by Gasteiger charge is 1.98. The van der Waals surface area contributed by atoms with Crippen LogP contribution in [0.1, 0.15) is 18.9 Å². The fourth-order valence-electron chi connectivity index (χ4n) is 1.19. The zero-order valence-corrected chi connectivity index (χ0v) is 9.05. The number of ether oxygens (including phenoxy) is 1. The summed E-state index contributed by atoms with van der Waals surface area (Å²) in [5.74, 6) is 0.910. The molecule has 1 aromatic carbocycles. The van der Waals surface area contributed by atoms with Gasteiger partial charge in [0.15, 0.2) is 0 Å². The molecule has 0 aliphatic heterocycles. The zero-order chi connectivity index (χ0) is 10.4. The third kappa shape index (κ3) is 2.92. The molecule has 0 bridgehead atoms. The topological polar surface area (TPSA) is 33.3 Å². The van der Waals surface area contributed by atoms with Crippen LogP contribution >= 0.6 is 0 Å². The first-order valence-corrected chi connectivity index (χ1v) is 4.91. The van der Waals surface area contributed by atoms with E-state index in [0.717, 1.165) is 30.0 Å². The summed E-state index contributed by atoms with van der Waals surface area (Å²) in [4.78, 5) is 0. The summed E-state index contributed by atoms with van der Waals surface area (Å²) < 4.78 is 5.22. The van der Waals surface area contributed by atoms with Crippen molar-refractivity contribution in [2.45, 2.75) is 20.3 Å². The average molecular weight is 194 g/mol. The summed E-state index contributed by atoms with van der Waals surface area (Å²) in [7, 11) is 1.69. The molecule has 0 saturated heterocycles. The Balaban J connectivity index is 2.60. The van der Waals surface area contributed by atoms with Crippen molar-refractivity contribution < 1.29 is 4.74 Å². The van der Waals surface area contributed by atoms with Crippen LogP contribution in [0.25, 0.3) is 0 Å². The van der Waals surface area contributed by atoms with E-state index in [1.807, 2.05) is 25.1 Å². The van der Waals surface area contributed by atoms with Gasteiger partial charge in [0.05, 0.1) is 12.8 Å². The molecule has 0 fully saturated rings. The number of hydrogen-bond donors (Lipinski definition) is 2. The van der Waals surface area contributed by atoms with Crippen molar-refractivity contribution in [3.05, 3.63) is 23.8 Å². The highest BCUT2D eigenvalue weighted by molar-refractivity contribution is 5.50. The number of benzene rings is 1. The summed E-state index contributed by atoms with van der Waals surface area (Å²) in [5.41, 5.74) is 8.41. The maximum Gasteiger partial charge on any atom is 0.123 e. The molecule has 0 aliphatic rings. The smallest absolute Gasteiger partial charge is 0.123 e. The predicted octanol–water partition coefficient (Wildman–Crippen LogP) is 2.33. The van der Waals surface area contributed by atoms with Gasteiger partial charge in [0, 0.05) is 12.6 Å². The Bertz CT molecular complexity index is 287. The summed E-state index contributed by atoms with van der Waals surface area (Å²) in [6, 6.07) is 6.05. The van der Waals surface area contributed by atoms with E-state index in [1.165, 1.54) is 0 Å². The molecular formula is C11H18N2O. The normalized spacial score (nSPS) is 9.93. The lowest BCUT2D eigenvalue weighted by Gasteiger charge is -2.10. The molecule has 0 spiro atoms. The largest absolute Gasteiger partial charge is 0.496 e. The molecule has 1 rings (SSSR count). The van der Waals surface area contributed by atoms with Crippen LogP contribution in [0, 0.1) is 6.92 Å². The van der Waals surface area contributed by atoms with E-state index in [1.54, 1.807) is 7.11 Å². The highest BCUT2D eigenvalue weighted by Crippen LogP contribution is 2.21. The van der Waals surface area contributed by atoms with Gasteiger partial charge in [-0.25, -0.2) is 5.43 Å². The molecule has 0 aliphatic carbocycles. The minimum Gasteiger partial charge on any atom is -0.496 e. The van der Waals surface area contributed by atoms with Crippen molar-refractivity contribution >= 4 is 5.69 Å². The first-order chi connectivity index (χ1) is 6.77. The molecule has 78 valence electrons. The molecule has 0 saturated carbocycles. The van der Waals surface area contributed by atoms with Gasteiger partial charge in [-0.15, -0.1) is 0 Å². The molecule has 2 N–H and O–H groups in total. The lowest BCUT2D eigenvalue weighted by atomic mass is 10.2. The zero-order valence-electron chi connectivity index (χ0n) is 9.05. The minimum atomic E-state index is 0.910. The average Bonchev–Trinajstić information content (AvgIpc) is 2.21. The van der Waals surface area contributed by atoms with Crippen molar-refractivity contribution in [1.29, 1.82) is 0 Å². The van der Waals surface area contributed by atoms with Crippen LogP contribution in [0.3, 0.4) is 0 Å². The molecule has 0 radical (unpaired) electrons. The van der Waals surface area contributed by atoms with Crippen LogP contribution in [-0.2, 0) is 0 Å². The lowest BCUT2D eigenvalue weighted by Crippen LogP contribution is -2.22. The molecule has 0 unspecified atom stereocenters. The molecule has 3 nitrogen and oxygen atoms in total. The minimum absolute atomic E-state index is 0.910. The summed E-state index contributed by atoms with van der Waals surface area (Å²) in [6.45, 7) is 5.11. The molecule has 1 aromatic rings. The lowest BCUT2D eigenvalue weighted by molar-refractivity contribution is 0.412. The van der Waals surface area contributed by atoms with Crippen LogP contribution in [0.2, 0.25) is 0 Å². The molecular weight excluding hydrogens is 176 g/mol. The fourth-order valence-corrected chi connectivity index (χ4v) is 1.19. The molecule has 14 heavy (non-hydrogen) atoms. The SMILES string of the molecule is CCCNNc1ccc(C)c(OC)c1. The van der Waals surface area contributed by atoms with Crippen molar-refractivity contribution in [1.82, 2.24) is 5.43 Å². The van der Waals surface area contributed by atoms with E-state index in [-0.39, 0.29) is 0 Å². The van der Waals surface area contributed by atoms with Gasteiger partial charge in [0.2, 0.25) is 0 Å². The van der Waals surface area contributed by atoms with Crippen molar-refractivity contribution in [2.24, 2.45) is 0 Å². The van der Waals surface area contributed by atoms with Crippen LogP contribution in [0.4, 0.5) is 5.69 Å². The Morgan fingerprint density at radius 3 is 2.79 bits per heavy atom. The van der Waals surface area contributed by atoms with Crippen molar-refractivity contribution in [3.63, 3.8) is 0 Å². The van der Waals surface area contributed by atoms with E-state index >= 15 is 0 Å². The van der Waals surface area contributed by atoms with Crippen molar-refractivity contribution in [2.75, 3.05) is 19.1 Å². The van der Waals surface area contributed by atoms with Crippen molar-refractivity contribution in [3.8, 4) is 5.75 Å². The van der Waals surface area contributed by atoms with Gasteiger partial charge >= 0.3 is 0 Å². The maximum atomic E-state index is 5.22. The van der Waals surface area contributed by atoms with Gasteiger partial charge in [-0.1, -0.05) is 13.0 Å². The molecule has 0 atom stereocenters. The quantitative estimate of drug-likeness (QED) is 0.557. The van der Waals surface area contributed by atoms with Crippen LogP contribution in [-0.4, -0.2) is 13.7 Å². The molecule has 0 amide bonds. The van der Waals surface area contributed by atoms with E-state index in [9.17, 15) is 0 Å². The predicted molar refractivity (Wildman–Crippen MR) is 59.6 cm³/mol. The molecule has 0 heterocycles. The van der Waals surface area contributed by atoms with E-state index in [0.29, 0.717) is 0 Å². The number of rotatable bonds is 5. The third-order valence-electron chi connectivity index (χ3n) is 2.02. The van der Waals surface area contributed by atoms with Gasteiger partial charge < -0.3 is 10.2 Å². The van der Waals surface area contributed by atoms with E-state index < -0.39 is 0 Å². The van der Waals surface area contributed by atoms with Crippen LogP contribution < -0.4 is 15.6 Å². The third-order valence-corrected chi connectivity index (χ3v) is 2.02. The fraction of sp³-hybridized carbons (Fsp3) is 0.455. The summed E-state index contributed by atoms with van der Waals surface area (Å²) in [6.07, 6.45) is 1.11. The second-order valence-electron chi connectivity index (χ2n) is 3.24. The number of anilines is 1. The number of hydrazine groups is 1. The van der Waals surface area contributed by atoms with Crippen LogP contribution in [0.5, 0.6) is 5.75 Å². The first-order valence-electron chi connectivity index (χ1n) is 4.91. The Morgan fingerprint density at radius 1 is 1.36 bits per heavy atom. The molecule has 0 aromatic heterocycles. The Kier molecular flexibility index (Phi) is 4.26. The van der Waals surface area contributed by atoms with Gasteiger partial charge in [0.1, 0.15) is 5.75 Å². The van der Waals surface area contributed by atoms with Gasteiger partial charge in [0.25, 0.3) is 0 Å². The Labute approximate surface area is 85.4 Å². The summed E-state index contributed by atoms with van der Waals surface area (Å²) in [5, 5.41) is 0. The Hall–Kier alpha value is -1.22. The standard InChI is InChI=1S/C11H18N2O/c1-4-7-12-13-10-6-5-9(2)11(8-10)14-3/h5-6,8,12-13H,4,7H2,1-3H3. The van der Waals surface area contributed by atoms with Gasteiger partial charge in [-0.3, -0.25) is 0 Å². The van der Waals surface area contributed by atoms with E-state index in [2.05, 4.69) is 17.8 Å². The second-order valence-corrected chi connectivity index (χ2v) is 3.24. The monoisotopic (exact) mass is 194 g/mol. The Morgan fingerprint density at radius 2 is 2.14 bits per heavy atom. The highest BCUT2D eigenvalue weighted by atomic mass is 16.5.